The van der Waals surface area contributed by atoms with Gasteiger partial charge in [-0.25, -0.2) is 9.97 Å². The van der Waals surface area contributed by atoms with Crippen molar-refractivity contribution in [2.75, 3.05) is 31.6 Å². The van der Waals surface area contributed by atoms with Crippen LogP contribution in [-0.4, -0.2) is 36.6 Å². The van der Waals surface area contributed by atoms with Crippen molar-refractivity contribution < 1.29 is 0 Å². The topological polar surface area (TPSA) is 41.1 Å². The van der Waals surface area contributed by atoms with Gasteiger partial charge in [-0.05, 0) is 38.3 Å². The molecule has 1 atom stereocenters. The van der Waals surface area contributed by atoms with E-state index in [0.717, 1.165) is 37.7 Å². The molecule has 2 aromatic rings. The molecule has 23 heavy (non-hydrogen) atoms. The molecule has 4 nitrogen and oxygen atoms in total. The summed E-state index contributed by atoms with van der Waals surface area (Å²) in [6, 6.07) is 12.8. The highest BCUT2D eigenvalue weighted by atomic mass is 15.2. The summed E-state index contributed by atoms with van der Waals surface area (Å²) in [5, 5.41) is 3.47. The number of likely N-dealkylation sites (N-methyl/N-ethyl adjacent to an activating group) is 1. The first-order chi connectivity index (χ1) is 11.2. The second-order valence-corrected chi connectivity index (χ2v) is 6.40. The maximum absolute atomic E-state index is 4.68. The molecular weight excluding hydrogens is 284 g/mol. The molecular formula is C19H26N4. The lowest BCUT2D eigenvalue weighted by molar-refractivity contribution is 0.453. The molecule has 1 fully saturated rings. The summed E-state index contributed by atoms with van der Waals surface area (Å²) in [5.41, 5.74) is 2.55. The zero-order valence-corrected chi connectivity index (χ0v) is 14.1. The van der Waals surface area contributed by atoms with Gasteiger partial charge in [0.05, 0.1) is 5.69 Å². The first-order valence-electron chi connectivity index (χ1n) is 8.54. The fraction of sp³-hybridized carbons (Fsp3) is 0.474. The third kappa shape index (κ3) is 4.29. The van der Waals surface area contributed by atoms with E-state index in [1.54, 1.807) is 0 Å². The fourth-order valence-corrected chi connectivity index (χ4v) is 3.14. The van der Waals surface area contributed by atoms with Gasteiger partial charge in [-0.15, -0.1) is 0 Å². The first-order valence-corrected chi connectivity index (χ1v) is 8.54. The fourth-order valence-electron chi connectivity index (χ4n) is 3.14. The number of piperidine rings is 1. The highest BCUT2D eigenvalue weighted by molar-refractivity contribution is 5.40. The van der Waals surface area contributed by atoms with E-state index in [-0.39, 0.29) is 0 Å². The molecule has 0 unspecified atom stereocenters. The van der Waals surface area contributed by atoms with E-state index in [9.17, 15) is 0 Å². The van der Waals surface area contributed by atoms with Crippen LogP contribution in [0.3, 0.4) is 0 Å². The zero-order chi connectivity index (χ0) is 16.1. The van der Waals surface area contributed by atoms with Crippen molar-refractivity contribution in [3.63, 3.8) is 0 Å². The Kier molecular flexibility index (Phi) is 5.23. The van der Waals surface area contributed by atoms with Gasteiger partial charge in [0.15, 0.2) is 0 Å². The normalized spacial score (nSPS) is 17.9. The van der Waals surface area contributed by atoms with E-state index in [1.807, 2.05) is 6.92 Å². The van der Waals surface area contributed by atoms with Gasteiger partial charge in [0, 0.05) is 32.1 Å². The van der Waals surface area contributed by atoms with E-state index < -0.39 is 0 Å². The standard InChI is InChI=1S/C19H26N4/c1-15-21-18(17-9-6-11-20-14-17)13-19(22-15)23(2)12-10-16-7-4-3-5-8-16/h3-5,7-8,13,17,20H,6,9-12,14H2,1-2H3/t17-/m0/s1. The van der Waals surface area contributed by atoms with Gasteiger partial charge in [-0.3, -0.25) is 0 Å². The summed E-state index contributed by atoms with van der Waals surface area (Å²) >= 11 is 0. The van der Waals surface area contributed by atoms with Crippen molar-refractivity contribution in [3.05, 3.63) is 53.5 Å². The average Bonchev–Trinajstić information content (AvgIpc) is 2.61. The smallest absolute Gasteiger partial charge is 0.132 e. The zero-order valence-electron chi connectivity index (χ0n) is 14.1. The second kappa shape index (κ2) is 7.55. The summed E-state index contributed by atoms with van der Waals surface area (Å²) in [7, 11) is 2.12. The van der Waals surface area contributed by atoms with E-state index in [1.165, 1.54) is 24.1 Å². The molecule has 0 bridgehead atoms. The van der Waals surface area contributed by atoms with Crippen molar-refractivity contribution in [2.24, 2.45) is 0 Å². The molecule has 3 rings (SSSR count). The van der Waals surface area contributed by atoms with Gasteiger partial charge < -0.3 is 10.2 Å². The van der Waals surface area contributed by atoms with Crippen molar-refractivity contribution in [2.45, 2.75) is 32.1 Å². The number of nitrogens with zero attached hydrogens (tertiary/aromatic N) is 3. The van der Waals surface area contributed by atoms with E-state index in [4.69, 9.17) is 0 Å². The molecule has 122 valence electrons. The molecule has 1 aromatic carbocycles. The maximum atomic E-state index is 4.68. The average molecular weight is 310 g/mol. The highest BCUT2D eigenvalue weighted by Crippen LogP contribution is 2.24. The van der Waals surface area contributed by atoms with Crippen LogP contribution in [0.5, 0.6) is 0 Å². The summed E-state index contributed by atoms with van der Waals surface area (Å²) in [5.74, 6) is 2.43. The van der Waals surface area contributed by atoms with E-state index in [0.29, 0.717) is 5.92 Å². The van der Waals surface area contributed by atoms with Crippen LogP contribution < -0.4 is 10.2 Å². The molecule has 2 heterocycles. The first kappa shape index (κ1) is 15.9. The molecule has 0 radical (unpaired) electrons. The number of aromatic nitrogens is 2. The maximum Gasteiger partial charge on any atom is 0.132 e. The predicted molar refractivity (Wildman–Crippen MR) is 95.0 cm³/mol. The summed E-state index contributed by atoms with van der Waals surface area (Å²) in [6.45, 7) is 5.12. The van der Waals surface area contributed by atoms with E-state index in [2.05, 4.69) is 63.6 Å². The lowest BCUT2D eigenvalue weighted by Gasteiger charge is -2.24. The number of anilines is 1. The Labute approximate surface area is 139 Å². The van der Waals surface area contributed by atoms with Crippen LogP contribution in [0.4, 0.5) is 5.82 Å². The number of nitrogens with one attached hydrogen (secondary N) is 1. The van der Waals surface area contributed by atoms with Gasteiger partial charge in [-0.2, -0.15) is 0 Å². The molecule has 1 aliphatic heterocycles. The van der Waals surface area contributed by atoms with Gasteiger partial charge in [0.1, 0.15) is 11.6 Å². The van der Waals surface area contributed by atoms with Crippen LogP contribution in [0.15, 0.2) is 36.4 Å². The summed E-state index contributed by atoms with van der Waals surface area (Å²) in [4.78, 5) is 11.6. The molecule has 0 spiro atoms. The van der Waals surface area contributed by atoms with Gasteiger partial charge in [-0.1, -0.05) is 30.3 Å². The molecule has 0 aliphatic carbocycles. The largest absolute Gasteiger partial charge is 0.359 e. The molecule has 0 saturated carbocycles. The SMILES string of the molecule is Cc1nc([C@H]2CCCNC2)cc(N(C)CCc2ccccc2)n1. The minimum absolute atomic E-state index is 0.520. The molecule has 0 amide bonds. The summed E-state index contributed by atoms with van der Waals surface area (Å²) < 4.78 is 0. The van der Waals surface area contributed by atoms with Crippen molar-refractivity contribution in [1.82, 2.24) is 15.3 Å². The number of hydrogen-bond acceptors (Lipinski definition) is 4. The minimum atomic E-state index is 0.520. The van der Waals surface area contributed by atoms with Gasteiger partial charge in [0.2, 0.25) is 0 Å². The number of aryl methyl sites for hydroxylation is 1. The number of rotatable bonds is 5. The third-order valence-corrected chi connectivity index (χ3v) is 4.53. The van der Waals surface area contributed by atoms with Crippen molar-refractivity contribution >= 4 is 5.82 Å². The lowest BCUT2D eigenvalue weighted by Crippen LogP contribution is -2.29. The molecule has 1 aliphatic rings. The third-order valence-electron chi connectivity index (χ3n) is 4.53. The monoisotopic (exact) mass is 310 g/mol. The van der Waals surface area contributed by atoms with Gasteiger partial charge >= 0.3 is 0 Å². The Morgan fingerprint density at radius 3 is 2.78 bits per heavy atom. The predicted octanol–water partition coefficient (Wildman–Crippen LogP) is 2.93. The quantitative estimate of drug-likeness (QED) is 0.922. The van der Waals surface area contributed by atoms with Crippen LogP contribution >= 0.6 is 0 Å². The second-order valence-electron chi connectivity index (χ2n) is 6.40. The van der Waals surface area contributed by atoms with Crippen LogP contribution in [0.2, 0.25) is 0 Å². The highest BCUT2D eigenvalue weighted by Gasteiger charge is 2.18. The van der Waals surface area contributed by atoms with E-state index >= 15 is 0 Å². The van der Waals surface area contributed by atoms with Crippen molar-refractivity contribution in [1.29, 1.82) is 0 Å². The molecule has 1 saturated heterocycles. The van der Waals surface area contributed by atoms with Gasteiger partial charge in [0.25, 0.3) is 0 Å². The number of benzene rings is 1. The Hall–Kier alpha value is -1.94. The minimum Gasteiger partial charge on any atom is -0.359 e. The number of hydrogen-bond donors (Lipinski definition) is 1. The Bertz CT molecular complexity index is 621. The Morgan fingerprint density at radius 1 is 1.22 bits per heavy atom. The van der Waals surface area contributed by atoms with Crippen LogP contribution in [0.1, 0.15) is 35.8 Å². The Morgan fingerprint density at radius 2 is 2.04 bits per heavy atom. The van der Waals surface area contributed by atoms with Crippen molar-refractivity contribution in [3.8, 4) is 0 Å². The van der Waals surface area contributed by atoms with Crippen LogP contribution in [0, 0.1) is 6.92 Å². The molecule has 1 N–H and O–H groups in total. The van der Waals surface area contributed by atoms with Crippen LogP contribution in [-0.2, 0) is 6.42 Å². The van der Waals surface area contributed by atoms with Crippen LogP contribution in [0.25, 0.3) is 0 Å². The lowest BCUT2D eigenvalue weighted by atomic mass is 9.96. The Balaban J connectivity index is 1.69. The summed E-state index contributed by atoms with van der Waals surface area (Å²) in [6.07, 6.45) is 3.48. The molecule has 1 aromatic heterocycles. The molecule has 4 heteroatoms.